The summed E-state index contributed by atoms with van der Waals surface area (Å²) in [5.74, 6) is -0.460. The Kier molecular flexibility index (Phi) is 2.58. The number of benzene rings is 1. The lowest BCUT2D eigenvalue weighted by atomic mass is 10.0. The number of primary amides is 1. The summed E-state index contributed by atoms with van der Waals surface area (Å²) in [6.45, 7) is 3.41. The minimum atomic E-state index is -0.877. The van der Waals surface area contributed by atoms with Gasteiger partial charge in [-0.2, -0.15) is 0 Å². The second-order valence-corrected chi connectivity index (χ2v) is 4.61. The molecule has 2 aromatic rings. The lowest BCUT2D eigenvalue weighted by Gasteiger charge is -2.24. The molecule has 0 aliphatic heterocycles. The molecule has 2 rings (SSSR count). The highest BCUT2D eigenvalue weighted by Gasteiger charge is 2.28. The summed E-state index contributed by atoms with van der Waals surface area (Å²) in [6, 6.07) is 6.24. The van der Waals surface area contributed by atoms with Crippen molar-refractivity contribution in [3.8, 4) is 0 Å². The predicted octanol–water partition coefficient (Wildman–Crippen LogP) is 1.77. The van der Waals surface area contributed by atoms with Crippen molar-refractivity contribution in [3.63, 3.8) is 0 Å². The van der Waals surface area contributed by atoms with Crippen molar-refractivity contribution in [2.45, 2.75) is 19.4 Å². The van der Waals surface area contributed by atoms with Crippen LogP contribution in [0.1, 0.15) is 13.8 Å². The third-order valence-electron chi connectivity index (χ3n) is 3.09. The first-order valence-corrected chi connectivity index (χ1v) is 5.40. The van der Waals surface area contributed by atoms with E-state index in [1.54, 1.807) is 36.7 Å². The molecule has 0 atom stereocenters. The lowest BCUT2D eigenvalue weighted by molar-refractivity contribution is -0.384. The van der Waals surface area contributed by atoms with E-state index in [2.05, 4.69) is 0 Å². The minimum absolute atomic E-state index is 0.0251. The first-order chi connectivity index (χ1) is 8.34. The minimum Gasteiger partial charge on any atom is -0.368 e. The van der Waals surface area contributed by atoms with E-state index in [0.29, 0.717) is 5.39 Å². The molecule has 0 aliphatic rings. The number of fused-ring (bicyclic) bond motifs is 1. The Morgan fingerprint density at radius 2 is 2.06 bits per heavy atom. The molecule has 0 aliphatic carbocycles. The molecule has 0 saturated carbocycles. The Morgan fingerprint density at radius 1 is 1.39 bits per heavy atom. The van der Waals surface area contributed by atoms with Crippen LogP contribution in [-0.4, -0.2) is 15.4 Å². The fourth-order valence-electron chi connectivity index (χ4n) is 1.85. The van der Waals surface area contributed by atoms with Crippen LogP contribution in [-0.2, 0) is 10.3 Å². The second kappa shape index (κ2) is 3.83. The molecule has 2 N–H and O–H groups in total. The van der Waals surface area contributed by atoms with Gasteiger partial charge in [-0.25, -0.2) is 0 Å². The number of nitro groups is 1. The molecule has 0 spiro atoms. The van der Waals surface area contributed by atoms with Crippen molar-refractivity contribution in [1.29, 1.82) is 0 Å². The van der Waals surface area contributed by atoms with Gasteiger partial charge in [0.25, 0.3) is 5.69 Å². The van der Waals surface area contributed by atoms with E-state index < -0.39 is 16.4 Å². The monoisotopic (exact) mass is 247 g/mol. The first-order valence-electron chi connectivity index (χ1n) is 5.40. The fraction of sp³-hybridized carbons (Fsp3) is 0.250. The summed E-state index contributed by atoms with van der Waals surface area (Å²) >= 11 is 0. The molecular formula is C12H13N3O3. The zero-order chi connectivity index (χ0) is 13.5. The Bertz CT molecular complexity index is 643. The van der Waals surface area contributed by atoms with Gasteiger partial charge < -0.3 is 10.3 Å². The van der Waals surface area contributed by atoms with Crippen molar-refractivity contribution in [2.24, 2.45) is 5.73 Å². The van der Waals surface area contributed by atoms with Crippen LogP contribution < -0.4 is 5.73 Å². The molecule has 0 unspecified atom stereocenters. The summed E-state index contributed by atoms with van der Waals surface area (Å²) in [5, 5.41) is 11.4. The molecule has 18 heavy (non-hydrogen) atoms. The number of aromatic nitrogens is 1. The molecule has 0 fully saturated rings. The van der Waals surface area contributed by atoms with E-state index in [1.165, 1.54) is 12.1 Å². The van der Waals surface area contributed by atoms with Gasteiger partial charge in [-0.05, 0) is 26.0 Å². The summed E-state index contributed by atoms with van der Waals surface area (Å²) < 4.78 is 1.72. The molecule has 1 amide bonds. The van der Waals surface area contributed by atoms with Crippen molar-refractivity contribution in [3.05, 3.63) is 40.6 Å². The topological polar surface area (TPSA) is 91.2 Å². The van der Waals surface area contributed by atoms with Crippen LogP contribution in [0.3, 0.4) is 0 Å². The van der Waals surface area contributed by atoms with Crippen LogP contribution in [0.2, 0.25) is 0 Å². The van der Waals surface area contributed by atoms with Crippen molar-refractivity contribution in [2.75, 3.05) is 0 Å². The lowest BCUT2D eigenvalue weighted by Crippen LogP contribution is -2.40. The van der Waals surface area contributed by atoms with Crippen molar-refractivity contribution in [1.82, 2.24) is 4.57 Å². The molecule has 0 bridgehead atoms. The van der Waals surface area contributed by atoms with Gasteiger partial charge in [0, 0.05) is 29.2 Å². The number of carbonyl (C=O) groups is 1. The van der Waals surface area contributed by atoms with E-state index in [0.717, 1.165) is 5.52 Å². The Labute approximate surface area is 103 Å². The number of rotatable bonds is 3. The van der Waals surface area contributed by atoms with Crippen LogP contribution in [0.25, 0.3) is 10.9 Å². The maximum absolute atomic E-state index is 11.4. The number of hydrogen-bond donors (Lipinski definition) is 1. The van der Waals surface area contributed by atoms with Gasteiger partial charge >= 0.3 is 0 Å². The van der Waals surface area contributed by atoms with Gasteiger partial charge in [0.15, 0.2) is 0 Å². The molecule has 1 heterocycles. The van der Waals surface area contributed by atoms with Crippen LogP contribution >= 0.6 is 0 Å². The van der Waals surface area contributed by atoms with E-state index in [1.807, 2.05) is 0 Å². The van der Waals surface area contributed by atoms with Crippen molar-refractivity contribution < 1.29 is 9.72 Å². The third-order valence-corrected chi connectivity index (χ3v) is 3.09. The maximum Gasteiger partial charge on any atom is 0.270 e. The number of non-ortho nitro benzene ring substituents is 1. The molecule has 6 heteroatoms. The van der Waals surface area contributed by atoms with Gasteiger partial charge in [0.05, 0.1) is 4.92 Å². The largest absolute Gasteiger partial charge is 0.368 e. The average Bonchev–Trinajstić information content (AvgIpc) is 2.71. The number of nitro benzene ring substituents is 1. The van der Waals surface area contributed by atoms with Crippen LogP contribution in [0, 0.1) is 10.1 Å². The summed E-state index contributed by atoms with van der Waals surface area (Å²) in [7, 11) is 0. The number of hydrogen-bond acceptors (Lipinski definition) is 3. The third kappa shape index (κ3) is 1.71. The molecule has 94 valence electrons. The van der Waals surface area contributed by atoms with E-state index in [-0.39, 0.29) is 5.69 Å². The van der Waals surface area contributed by atoms with E-state index in [4.69, 9.17) is 5.73 Å². The molecule has 0 saturated heterocycles. The first kappa shape index (κ1) is 12.1. The highest BCUT2D eigenvalue weighted by Crippen LogP contribution is 2.27. The number of amides is 1. The normalized spacial score (nSPS) is 11.7. The standard InChI is InChI=1S/C12H13N3O3/c1-12(2,11(13)16)14-6-5-8-7-9(15(17)18)3-4-10(8)14/h3-7H,1-2H3,(H2,13,16). The number of carbonyl (C=O) groups excluding carboxylic acids is 1. The van der Waals surface area contributed by atoms with E-state index in [9.17, 15) is 14.9 Å². The molecule has 0 radical (unpaired) electrons. The van der Waals surface area contributed by atoms with Gasteiger partial charge in [-0.3, -0.25) is 14.9 Å². The molecule has 1 aromatic carbocycles. The molecule has 1 aromatic heterocycles. The van der Waals surface area contributed by atoms with Gasteiger partial charge in [0.1, 0.15) is 5.54 Å². The molecule has 6 nitrogen and oxygen atoms in total. The predicted molar refractivity (Wildman–Crippen MR) is 67.1 cm³/mol. The fourth-order valence-corrected chi connectivity index (χ4v) is 1.85. The summed E-state index contributed by atoms with van der Waals surface area (Å²) in [6.07, 6.45) is 1.71. The number of nitrogens with zero attached hydrogens (tertiary/aromatic N) is 2. The quantitative estimate of drug-likeness (QED) is 0.661. The maximum atomic E-state index is 11.4. The van der Waals surface area contributed by atoms with Crippen LogP contribution in [0.5, 0.6) is 0 Å². The van der Waals surface area contributed by atoms with Crippen LogP contribution in [0.4, 0.5) is 5.69 Å². The molecular weight excluding hydrogens is 234 g/mol. The zero-order valence-electron chi connectivity index (χ0n) is 10.1. The highest BCUT2D eigenvalue weighted by atomic mass is 16.6. The number of nitrogens with two attached hydrogens (primary N) is 1. The smallest absolute Gasteiger partial charge is 0.270 e. The summed E-state index contributed by atoms with van der Waals surface area (Å²) in [4.78, 5) is 21.7. The Morgan fingerprint density at radius 3 is 2.61 bits per heavy atom. The summed E-state index contributed by atoms with van der Waals surface area (Å²) in [5.41, 5.74) is 5.25. The Balaban J connectivity index is 2.63. The average molecular weight is 247 g/mol. The zero-order valence-corrected chi connectivity index (χ0v) is 10.1. The van der Waals surface area contributed by atoms with Gasteiger partial charge in [0.2, 0.25) is 5.91 Å². The van der Waals surface area contributed by atoms with Gasteiger partial charge in [-0.15, -0.1) is 0 Å². The van der Waals surface area contributed by atoms with E-state index >= 15 is 0 Å². The van der Waals surface area contributed by atoms with Crippen LogP contribution in [0.15, 0.2) is 30.5 Å². The Hall–Kier alpha value is -2.37. The van der Waals surface area contributed by atoms with Gasteiger partial charge in [-0.1, -0.05) is 0 Å². The second-order valence-electron chi connectivity index (χ2n) is 4.61. The van der Waals surface area contributed by atoms with Crippen molar-refractivity contribution >= 4 is 22.5 Å². The highest BCUT2D eigenvalue weighted by molar-refractivity contribution is 5.88. The SMILES string of the molecule is CC(C)(C(N)=O)n1ccc2cc([N+](=O)[O-])ccc21.